The molecule has 2 aromatic carbocycles. The van der Waals surface area contributed by atoms with Crippen LogP contribution in [-0.4, -0.2) is 22.8 Å². The van der Waals surface area contributed by atoms with Gasteiger partial charge in [0.15, 0.2) is 0 Å². The fourth-order valence-corrected chi connectivity index (χ4v) is 3.36. The highest BCUT2D eigenvalue weighted by Crippen LogP contribution is 2.23. The zero-order chi connectivity index (χ0) is 22.2. The zero-order valence-electron chi connectivity index (χ0n) is 18.5. The largest absolute Gasteiger partial charge is 0.496 e. The molecule has 1 heterocycles. The summed E-state index contributed by atoms with van der Waals surface area (Å²) in [5.41, 5.74) is 3.92. The van der Waals surface area contributed by atoms with Crippen molar-refractivity contribution in [2.75, 3.05) is 7.11 Å². The molecule has 31 heavy (non-hydrogen) atoms. The second-order valence-corrected chi connectivity index (χ2v) is 7.31. The maximum absolute atomic E-state index is 12.4. The van der Waals surface area contributed by atoms with Gasteiger partial charge in [-0.3, -0.25) is 9.48 Å². The number of carbonyl (C=O) groups excluding carboxylic acids is 1. The number of benzene rings is 2. The van der Waals surface area contributed by atoms with Gasteiger partial charge in [0, 0.05) is 24.4 Å². The second-order valence-electron chi connectivity index (χ2n) is 7.31. The Labute approximate surface area is 183 Å². The summed E-state index contributed by atoms with van der Waals surface area (Å²) >= 11 is 0. The molecule has 162 valence electrons. The summed E-state index contributed by atoms with van der Waals surface area (Å²) < 4.78 is 13.3. The summed E-state index contributed by atoms with van der Waals surface area (Å²) in [6.45, 7) is 7.13. The molecule has 0 fully saturated rings. The minimum atomic E-state index is -0.162. The van der Waals surface area contributed by atoms with Crippen molar-refractivity contribution in [2.45, 2.75) is 40.0 Å². The van der Waals surface area contributed by atoms with Crippen LogP contribution in [0.2, 0.25) is 0 Å². The lowest BCUT2D eigenvalue weighted by Gasteiger charge is -2.14. The van der Waals surface area contributed by atoms with E-state index in [9.17, 15) is 4.79 Å². The van der Waals surface area contributed by atoms with Crippen LogP contribution in [0.1, 0.15) is 42.3 Å². The van der Waals surface area contributed by atoms with Gasteiger partial charge in [-0.05, 0) is 68.3 Å². The van der Waals surface area contributed by atoms with E-state index in [2.05, 4.69) is 10.4 Å². The van der Waals surface area contributed by atoms with E-state index >= 15 is 0 Å². The van der Waals surface area contributed by atoms with Crippen LogP contribution in [0.5, 0.6) is 11.5 Å². The third kappa shape index (κ3) is 5.98. The van der Waals surface area contributed by atoms with Crippen molar-refractivity contribution < 1.29 is 14.3 Å². The summed E-state index contributed by atoms with van der Waals surface area (Å²) in [4.78, 5) is 12.4. The molecule has 0 saturated carbocycles. The molecule has 1 atom stereocenters. The van der Waals surface area contributed by atoms with Crippen LogP contribution in [0.3, 0.4) is 0 Å². The summed E-state index contributed by atoms with van der Waals surface area (Å²) in [7, 11) is 1.64. The maximum atomic E-state index is 12.4. The number of rotatable bonds is 9. The fraction of sp³-hybridized carbons (Fsp3) is 0.280. The maximum Gasteiger partial charge on any atom is 0.244 e. The summed E-state index contributed by atoms with van der Waals surface area (Å²) in [6.07, 6.45) is 5.07. The molecule has 0 radical (unpaired) electrons. The predicted molar refractivity (Wildman–Crippen MR) is 122 cm³/mol. The molecule has 6 heteroatoms. The lowest BCUT2D eigenvalue weighted by Crippen LogP contribution is -2.26. The molecule has 0 aliphatic rings. The first-order chi connectivity index (χ1) is 15.0. The smallest absolute Gasteiger partial charge is 0.244 e. The Balaban J connectivity index is 1.66. The number of hydrogen-bond donors (Lipinski definition) is 1. The molecule has 1 unspecified atom stereocenters. The number of carbonyl (C=O) groups is 1. The number of amides is 1. The zero-order valence-corrected chi connectivity index (χ0v) is 18.5. The van der Waals surface area contributed by atoms with Gasteiger partial charge in [-0.2, -0.15) is 5.10 Å². The summed E-state index contributed by atoms with van der Waals surface area (Å²) in [5, 5.41) is 7.23. The third-order valence-corrected chi connectivity index (χ3v) is 4.97. The van der Waals surface area contributed by atoms with Crippen LogP contribution < -0.4 is 14.8 Å². The minimum Gasteiger partial charge on any atom is -0.496 e. The third-order valence-electron chi connectivity index (χ3n) is 4.97. The van der Waals surface area contributed by atoms with E-state index in [1.165, 1.54) is 6.08 Å². The highest BCUT2D eigenvalue weighted by atomic mass is 16.5. The SMILES string of the molecule is CCn1nccc1C(C)NC(=O)/C=C/c1ccc(OC)c(COc2cccc(C)c2)c1. The second kappa shape index (κ2) is 10.5. The van der Waals surface area contributed by atoms with E-state index < -0.39 is 0 Å². The Morgan fingerprint density at radius 3 is 2.81 bits per heavy atom. The Kier molecular flexibility index (Phi) is 7.49. The molecule has 0 saturated heterocycles. The molecule has 3 rings (SSSR count). The summed E-state index contributed by atoms with van der Waals surface area (Å²) in [5.74, 6) is 1.39. The van der Waals surface area contributed by atoms with Gasteiger partial charge in [0.05, 0.1) is 18.8 Å². The van der Waals surface area contributed by atoms with E-state index in [1.807, 2.05) is 74.0 Å². The van der Waals surface area contributed by atoms with Gasteiger partial charge in [-0.1, -0.05) is 18.2 Å². The monoisotopic (exact) mass is 419 g/mol. The molecule has 1 aromatic heterocycles. The molecule has 6 nitrogen and oxygen atoms in total. The van der Waals surface area contributed by atoms with Crippen LogP contribution in [0, 0.1) is 6.92 Å². The number of nitrogens with zero attached hydrogens (tertiary/aromatic N) is 2. The number of hydrogen-bond acceptors (Lipinski definition) is 4. The van der Waals surface area contributed by atoms with E-state index in [4.69, 9.17) is 9.47 Å². The van der Waals surface area contributed by atoms with Gasteiger partial charge >= 0.3 is 0 Å². The first kappa shape index (κ1) is 22.2. The molecule has 1 N–H and O–H groups in total. The van der Waals surface area contributed by atoms with Crippen molar-refractivity contribution in [1.29, 1.82) is 0 Å². The predicted octanol–water partition coefficient (Wildman–Crippen LogP) is 4.69. The van der Waals surface area contributed by atoms with Gasteiger partial charge < -0.3 is 14.8 Å². The molecule has 0 bridgehead atoms. The number of nitrogens with one attached hydrogen (secondary N) is 1. The van der Waals surface area contributed by atoms with Crippen molar-refractivity contribution in [3.63, 3.8) is 0 Å². The molecule has 0 aliphatic carbocycles. The molecular formula is C25H29N3O3. The van der Waals surface area contributed by atoms with Crippen LogP contribution >= 0.6 is 0 Å². The average Bonchev–Trinajstić information content (AvgIpc) is 3.25. The van der Waals surface area contributed by atoms with Crippen LogP contribution in [0.25, 0.3) is 6.08 Å². The Morgan fingerprint density at radius 2 is 2.06 bits per heavy atom. The Hall–Kier alpha value is -3.54. The van der Waals surface area contributed by atoms with Gasteiger partial charge in [-0.15, -0.1) is 0 Å². The fourth-order valence-electron chi connectivity index (χ4n) is 3.36. The highest BCUT2D eigenvalue weighted by Gasteiger charge is 2.12. The molecular weight excluding hydrogens is 390 g/mol. The first-order valence-corrected chi connectivity index (χ1v) is 10.4. The number of ether oxygens (including phenoxy) is 2. The highest BCUT2D eigenvalue weighted by molar-refractivity contribution is 5.92. The Morgan fingerprint density at radius 1 is 1.23 bits per heavy atom. The number of methoxy groups -OCH3 is 1. The van der Waals surface area contributed by atoms with Crippen molar-refractivity contribution in [3.05, 3.63) is 83.2 Å². The number of aryl methyl sites for hydroxylation is 2. The summed E-state index contributed by atoms with van der Waals surface area (Å²) in [6, 6.07) is 15.5. The van der Waals surface area contributed by atoms with Crippen molar-refractivity contribution in [2.24, 2.45) is 0 Å². The van der Waals surface area contributed by atoms with Crippen LogP contribution in [0.4, 0.5) is 0 Å². The van der Waals surface area contributed by atoms with Gasteiger partial charge in [-0.25, -0.2) is 0 Å². The van der Waals surface area contributed by atoms with Crippen LogP contribution in [0.15, 0.2) is 60.8 Å². The van der Waals surface area contributed by atoms with Crippen LogP contribution in [-0.2, 0) is 17.9 Å². The molecule has 3 aromatic rings. The molecule has 0 spiro atoms. The lowest BCUT2D eigenvalue weighted by atomic mass is 10.1. The normalized spacial score (nSPS) is 12.0. The van der Waals surface area contributed by atoms with Gasteiger partial charge in [0.25, 0.3) is 0 Å². The average molecular weight is 420 g/mol. The van der Waals surface area contributed by atoms with E-state index in [-0.39, 0.29) is 11.9 Å². The van der Waals surface area contributed by atoms with Crippen molar-refractivity contribution in [3.8, 4) is 11.5 Å². The Bertz CT molecular complexity index is 1060. The minimum absolute atomic E-state index is 0.131. The van der Waals surface area contributed by atoms with Crippen molar-refractivity contribution >= 4 is 12.0 Å². The van der Waals surface area contributed by atoms with E-state index in [1.54, 1.807) is 19.4 Å². The van der Waals surface area contributed by atoms with Gasteiger partial charge in [0.2, 0.25) is 5.91 Å². The van der Waals surface area contributed by atoms with E-state index in [0.29, 0.717) is 6.61 Å². The topological polar surface area (TPSA) is 65.4 Å². The molecule has 1 amide bonds. The number of aromatic nitrogens is 2. The standard InChI is InChI=1S/C25H29N3O3/c1-5-28-23(13-14-26-28)19(3)27-25(29)12-10-20-9-11-24(30-4)21(16-20)17-31-22-8-6-7-18(2)15-22/h6-16,19H,5,17H2,1-4H3,(H,27,29)/b12-10+. The van der Waals surface area contributed by atoms with Crippen molar-refractivity contribution in [1.82, 2.24) is 15.1 Å². The van der Waals surface area contributed by atoms with Gasteiger partial charge in [0.1, 0.15) is 18.1 Å². The molecule has 0 aliphatic heterocycles. The van der Waals surface area contributed by atoms with E-state index in [0.717, 1.165) is 40.4 Å². The quantitative estimate of drug-likeness (QED) is 0.511. The first-order valence-electron chi connectivity index (χ1n) is 10.4. The lowest BCUT2D eigenvalue weighted by molar-refractivity contribution is -0.117.